The highest BCUT2D eigenvalue weighted by Gasteiger charge is 2.29. The lowest BCUT2D eigenvalue weighted by Gasteiger charge is -2.28. The van der Waals surface area contributed by atoms with Crippen LogP contribution in [0.1, 0.15) is 60.8 Å². The smallest absolute Gasteiger partial charge is 0.189 e. The number of hydrogen-bond acceptors (Lipinski definition) is 3. The largest absolute Gasteiger partial charge is 0.367 e. The number of rotatable bonds is 10. The standard InChI is InChI=1S/C16H30O2S/c1-8-9-12-19-15(4,5)10-11-18-16(6,7)14(17)13(2)3/h2,8-12H2,1,3-7H3. The van der Waals surface area contributed by atoms with E-state index in [2.05, 4.69) is 27.4 Å². The Hall–Kier alpha value is -0.280. The van der Waals surface area contributed by atoms with Gasteiger partial charge in [-0.3, -0.25) is 4.79 Å². The third kappa shape index (κ3) is 7.78. The molecule has 0 rings (SSSR count). The van der Waals surface area contributed by atoms with E-state index in [1.165, 1.54) is 18.6 Å². The Bertz CT molecular complexity index is 306. The second-order valence-electron chi connectivity index (χ2n) is 6.18. The van der Waals surface area contributed by atoms with Crippen molar-refractivity contribution in [1.29, 1.82) is 0 Å². The molecule has 0 fully saturated rings. The summed E-state index contributed by atoms with van der Waals surface area (Å²) in [5, 5.41) is 0. The Kier molecular flexibility index (Phi) is 7.99. The maximum absolute atomic E-state index is 11.9. The fourth-order valence-electron chi connectivity index (χ4n) is 1.70. The van der Waals surface area contributed by atoms with E-state index in [4.69, 9.17) is 4.74 Å². The van der Waals surface area contributed by atoms with E-state index < -0.39 is 5.60 Å². The zero-order valence-electron chi connectivity index (χ0n) is 13.5. The third-order valence-corrected chi connectivity index (χ3v) is 4.57. The van der Waals surface area contributed by atoms with Crippen LogP contribution < -0.4 is 0 Å². The first-order chi connectivity index (χ1) is 8.62. The highest BCUT2D eigenvalue weighted by molar-refractivity contribution is 8.00. The molecule has 0 saturated carbocycles. The van der Waals surface area contributed by atoms with Gasteiger partial charge in [0.2, 0.25) is 0 Å². The Morgan fingerprint density at radius 2 is 1.84 bits per heavy atom. The molecular formula is C16H30O2S. The molecule has 0 bridgehead atoms. The molecule has 2 nitrogen and oxygen atoms in total. The van der Waals surface area contributed by atoms with E-state index in [1.54, 1.807) is 6.92 Å². The van der Waals surface area contributed by atoms with Crippen LogP contribution in [0.2, 0.25) is 0 Å². The molecule has 0 N–H and O–H groups in total. The molecule has 0 saturated heterocycles. The summed E-state index contributed by atoms with van der Waals surface area (Å²) in [4.78, 5) is 11.9. The van der Waals surface area contributed by atoms with Crippen LogP contribution in [0.3, 0.4) is 0 Å². The molecule has 0 spiro atoms. The molecule has 0 aromatic rings. The lowest BCUT2D eigenvalue weighted by molar-refractivity contribution is -0.136. The summed E-state index contributed by atoms with van der Waals surface area (Å²) in [6.07, 6.45) is 3.45. The fourth-order valence-corrected chi connectivity index (χ4v) is 2.91. The van der Waals surface area contributed by atoms with Crippen LogP contribution >= 0.6 is 11.8 Å². The topological polar surface area (TPSA) is 26.3 Å². The molecular weight excluding hydrogens is 256 g/mol. The van der Waals surface area contributed by atoms with Gasteiger partial charge in [-0.25, -0.2) is 0 Å². The number of carbonyl (C=O) groups excluding carboxylic acids is 1. The van der Waals surface area contributed by atoms with Crippen LogP contribution in [0, 0.1) is 0 Å². The van der Waals surface area contributed by atoms with E-state index in [1.807, 2.05) is 25.6 Å². The normalized spacial score (nSPS) is 12.5. The Balaban J connectivity index is 4.13. The number of thioether (sulfide) groups is 1. The highest BCUT2D eigenvalue weighted by Crippen LogP contribution is 2.29. The van der Waals surface area contributed by atoms with Gasteiger partial charge in [0.15, 0.2) is 5.78 Å². The number of Topliss-reactive ketones (excluding diaryl/α,β-unsaturated/α-hetero) is 1. The molecule has 0 unspecified atom stereocenters. The lowest BCUT2D eigenvalue weighted by Crippen LogP contribution is -2.36. The van der Waals surface area contributed by atoms with E-state index in [9.17, 15) is 4.79 Å². The minimum Gasteiger partial charge on any atom is -0.367 e. The van der Waals surface area contributed by atoms with E-state index in [0.29, 0.717) is 12.2 Å². The quantitative estimate of drug-likeness (QED) is 0.433. The van der Waals surface area contributed by atoms with Crippen LogP contribution in [-0.4, -0.2) is 28.5 Å². The van der Waals surface area contributed by atoms with Crippen molar-refractivity contribution in [3.8, 4) is 0 Å². The van der Waals surface area contributed by atoms with Gasteiger partial charge in [0.05, 0.1) is 0 Å². The summed E-state index contributed by atoms with van der Waals surface area (Å²) in [5.41, 5.74) is -0.197. The van der Waals surface area contributed by atoms with Gasteiger partial charge >= 0.3 is 0 Å². The molecule has 0 atom stereocenters. The van der Waals surface area contributed by atoms with Crippen LogP contribution in [0.25, 0.3) is 0 Å². The second kappa shape index (κ2) is 8.11. The van der Waals surface area contributed by atoms with E-state index in [-0.39, 0.29) is 10.5 Å². The first kappa shape index (κ1) is 18.7. The number of carbonyl (C=O) groups is 1. The van der Waals surface area contributed by atoms with Crippen molar-refractivity contribution in [1.82, 2.24) is 0 Å². The molecule has 112 valence electrons. The number of hydrogen-bond donors (Lipinski definition) is 0. The van der Waals surface area contributed by atoms with Gasteiger partial charge in [-0.05, 0) is 44.9 Å². The summed E-state index contributed by atoms with van der Waals surface area (Å²) < 4.78 is 5.98. The van der Waals surface area contributed by atoms with Crippen molar-refractivity contribution in [3.63, 3.8) is 0 Å². The molecule has 0 aliphatic carbocycles. The van der Waals surface area contributed by atoms with E-state index >= 15 is 0 Å². The van der Waals surface area contributed by atoms with Crippen LogP contribution in [0.4, 0.5) is 0 Å². The monoisotopic (exact) mass is 286 g/mol. The molecule has 0 aliphatic heterocycles. The first-order valence-electron chi connectivity index (χ1n) is 7.10. The average Bonchev–Trinajstić information content (AvgIpc) is 2.27. The number of ether oxygens (including phenoxy) is 1. The SMILES string of the molecule is C=C(C)C(=O)C(C)(C)OCCC(C)(C)SCCCC. The van der Waals surface area contributed by atoms with Crippen LogP contribution in [0.5, 0.6) is 0 Å². The van der Waals surface area contributed by atoms with Gasteiger partial charge in [-0.1, -0.05) is 33.8 Å². The van der Waals surface area contributed by atoms with Gasteiger partial charge < -0.3 is 4.74 Å². The Morgan fingerprint density at radius 1 is 1.26 bits per heavy atom. The fraction of sp³-hybridized carbons (Fsp3) is 0.812. The van der Waals surface area contributed by atoms with E-state index in [0.717, 1.165) is 6.42 Å². The van der Waals surface area contributed by atoms with Crippen molar-refractivity contribution >= 4 is 17.5 Å². The van der Waals surface area contributed by atoms with Crippen molar-refractivity contribution in [2.75, 3.05) is 12.4 Å². The van der Waals surface area contributed by atoms with Gasteiger partial charge in [-0.2, -0.15) is 11.8 Å². The summed E-state index contributed by atoms with van der Waals surface area (Å²) >= 11 is 1.99. The Labute approximate surface area is 123 Å². The van der Waals surface area contributed by atoms with Crippen molar-refractivity contribution in [3.05, 3.63) is 12.2 Å². The zero-order valence-corrected chi connectivity index (χ0v) is 14.3. The van der Waals surface area contributed by atoms with Gasteiger partial charge in [0.1, 0.15) is 5.60 Å². The van der Waals surface area contributed by atoms with Gasteiger partial charge in [-0.15, -0.1) is 0 Å². The molecule has 0 radical (unpaired) electrons. The van der Waals surface area contributed by atoms with Gasteiger partial charge in [0.25, 0.3) is 0 Å². The zero-order chi connectivity index (χ0) is 15.1. The summed E-state index contributed by atoms with van der Waals surface area (Å²) in [6, 6.07) is 0. The predicted molar refractivity (Wildman–Crippen MR) is 85.9 cm³/mol. The maximum Gasteiger partial charge on any atom is 0.189 e. The summed E-state index contributed by atoms with van der Waals surface area (Å²) in [5.74, 6) is 1.18. The highest BCUT2D eigenvalue weighted by atomic mass is 32.2. The maximum atomic E-state index is 11.9. The van der Waals surface area contributed by atoms with Crippen molar-refractivity contribution in [2.45, 2.75) is 71.2 Å². The molecule has 0 aliphatic rings. The second-order valence-corrected chi connectivity index (χ2v) is 7.98. The minimum atomic E-state index is -0.754. The van der Waals surface area contributed by atoms with Crippen LogP contribution in [0.15, 0.2) is 12.2 Å². The van der Waals surface area contributed by atoms with Crippen LogP contribution in [-0.2, 0) is 9.53 Å². The van der Waals surface area contributed by atoms with Gasteiger partial charge in [0, 0.05) is 11.4 Å². The van der Waals surface area contributed by atoms with Crippen molar-refractivity contribution < 1.29 is 9.53 Å². The molecule has 3 heteroatoms. The Morgan fingerprint density at radius 3 is 2.32 bits per heavy atom. The molecule has 0 heterocycles. The summed E-state index contributed by atoms with van der Waals surface area (Å²) in [7, 11) is 0. The summed E-state index contributed by atoms with van der Waals surface area (Å²) in [6.45, 7) is 16.4. The average molecular weight is 286 g/mol. The molecule has 0 aromatic heterocycles. The third-order valence-electron chi connectivity index (χ3n) is 3.09. The first-order valence-corrected chi connectivity index (χ1v) is 8.09. The predicted octanol–water partition coefficient (Wildman–Crippen LogP) is 4.63. The molecule has 19 heavy (non-hydrogen) atoms. The number of unbranched alkanes of at least 4 members (excludes halogenated alkanes) is 1. The lowest BCUT2D eigenvalue weighted by atomic mass is 9.98. The minimum absolute atomic E-state index is 0.0102. The number of ketones is 1. The van der Waals surface area contributed by atoms with Crippen molar-refractivity contribution in [2.24, 2.45) is 0 Å². The molecule has 0 amide bonds. The molecule has 0 aromatic carbocycles.